The first kappa shape index (κ1) is 20.5. The van der Waals surface area contributed by atoms with E-state index in [2.05, 4.69) is 10.3 Å². The molecule has 0 saturated carbocycles. The number of hydrogen-bond donors (Lipinski definition) is 2. The standard InChI is InChI=1S/C22H18FN3O4S/c1-14-19(13-22(27)28)20-12-15(23)2-7-21(20)26(14)31(29,30)18-5-3-16(4-6-18)25-17-8-10-24-11-9-17/h2-12H,13H2,1H3,(H,24,25)(H,27,28). The predicted octanol–water partition coefficient (Wildman–Crippen LogP) is 4.09. The van der Waals surface area contributed by atoms with E-state index in [9.17, 15) is 22.7 Å². The van der Waals surface area contributed by atoms with E-state index in [-0.39, 0.29) is 27.1 Å². The number of benzene rings is 2. The topological polar surface area (TPSA) is 101 Å². The van der Waals surface area contributed by atoms with Crippen LogP contribution in [0.2, 0.25) is 0 Å². The zero-order valence-corrected chi connectivity index (χ0v) is 17.2. The maximum Gasteiger partial charge on any atom is 0.307 e. The van der Waals surface area contributed by atoms with E-state index in [1.807, 2.05) is 0 Å². The molecule has 0 aliphatic rings. The van der Waals surface area contributed by atoms with Gasteiger partial charge in [0, 0.05) is 34.8 Å². The Kier molecular flexibility index (Phi) is 5.20. The quantitative estimate of drug-likeness (QED) is 0.469. The van der Waals surface area contributed by atoms with Gasteiger partial charge in [0.1, 0.15) is 5.82 Å². The van der Waals surface area contributed by atoms with Crippen molar-refractivity contribution in [2.75, 3.05) is 5.32 Å². The Morgan fingerprint density at radius 2 is 1.71 bits per heavy atom. The largest absolute Gasteiger partial charge is 0.481 e. The molecule has 2 N–H and O–H groups in total. The summed E-state index contributed by atoms with van der Waals surface area (Å²) in [6.07, 6.45) is 2.86. The number of carbonyl (C=O) groups is 1. The summed E-state index contributed by atoms with van der Waals surface area (Å²) in [6.45, 7) is 1.52. The van der Waals surface area contributed by atoms with Gasteiger partial charge in [-0.15, -0.1) is 0 Å². The minimum atomic E-state index is -4.05. The summed E-state index contributed by atoms with van der Waals surface area (Å²) in [5.41, 5.74) is 2.23. The Morgan fingerprint density at radius 3 is 2.35 bits per heavy atom. The number of carboxylic acid groups (broad SMARTS) is 1. The molecule has 0 bridgehead atoms. The van der Waals surface area contributed by atoms with Crippen LogP contribution in [0.1, 0.15) is 11.3 Å². The molecule has 0 atom stereocenters. The Bertz CT molecular complexity index is 1380. The molecular weight excluding hydrogens is 421 g/mol. The monoisotopic (exact) mass is 439 g/mol. The predicted molar refractivity (Wildman–Crippen MR) is 115 cm³/mol. The summed E-state index contributed by atoms with van der Waals surface area (Å²) in [4.78, 5) is 15.3. The molecule has 31 heavy (non-hydrogen) atoms. The van der Waals surface area contributed by atoms with Crippen LogP contribution >= 0.6 is 0 Å². The SMILES string of the molecule is Cc1c(CC(=O)O)c2cc(F)ccc2n1S(=O)(=O)c1ccc(Nc2ccncc2)cc1. The van der Waals surface area contributed by atoms with Crippen LogP contribution in [-0.4, -0.2) is 28.5 Å². The van der Waals surface area contributed by atoms with E-state index in [1.165, 1.54) is 25.1 Å². The number of fused-ring (bicyclic) bond motifs is 1. The number of carboxylic acids is 1. The molecule has 0 saturated heterocycles. The van der Waals surface area contributed by atoms with Gasteiger partial charge in [0.25, 0.3) is 10.0 Å². The van der Waals surface area contributed by atoms with Crippen molar-refractivity contribution in [2.24, 2.45) is 0 Å². The highest BCUT2D eigenvalue weighted by molar-refractivity contribution is 7.90. The van der Waals surface area contributed by atoms with Gasteiger partial charge in [-0.3, -0.25) is 9.78 Å². The smallest absolute Gasteiger partial charge is 0.307 e. The van der Waals surface area contributed by atoms with Crippen LogP contribution < -0.4 is 5.32 Å². The second-order valence-corrected chi connectivity index (χ2v) is 8.74. The van der Waals surface area contributed by atoms with E-state index in [0.29, 0.717) is 5.69 Å². The number of aliphatic carboxylic acids is 1. The first-order valence-corrected chi connectivity index (χ1v) is 10.8. The van der Waals surface area contributed by atoms with E-state index in [0.717, 1.165) is 21.8 Å². The highest BCUT2D eigenvalue weighted by Gasteiger charge is 2.26. The molecular formula is C22H18FN3O4S. The van der Waals surface area contributed by atoms with Crippen molar-refractivity contribution in [3.05, 3.63) is 84.1 Å². The first-order chi connectivity index (χ1) is 14.8. The number of rotatable bonds is 6. The van der Waals surface area contributed by atoms with Crippen molar-refractivity contribution in [3.8, 4) is 0 Å². The number of anilines is 2. The maximum atomic E-state index is 13.8. The van der Waals surface area contributed by atoms with Crippen LogP contribution in [0.4, 0.5) is 15.8 Å². The molecule has 158 valence electrons. The van der Waals surface area contributed by atoms with Gasteiger partial charge in [0.15, 0.2) is 0 Å². The zero-order chi connectivity index (χ0) is 22.2. The Balaban J connectivity index is 1.78. The van der Waals surface area contributed by atoms with Gasteiger partial charge in [-0.05, 0) is 67.1 Å². The fourth-order valence-corrected chi connectivity index (χ4v) is 5.11. The average Bonchev–Trinajstić information content (AvgIpc) is 3.00. The van der Waals surface area contributed by atoms with Crippen molar-refractivity contribution < 1.29 is 22.7 Å². The summed E-state index contributed by atoms with van der Waals surface area (Å²) in [5.74, 6) is -1.70. The van der Waals surface area contributed by atoms with Gasteiger partial charge < -0.3 is 10.4 Å². The van der Waals surface area contributed by atoms with Crippen LogP contribution in [-0.2, 0) is 21.2 Å². The molecule has 0 radical (unpaired) electrons. The first-order valence-electron chi connectivity index (χ1n) is 9.31. The molecule has 0 fully saturated rings. The molecule has 0 unspecified atom stereocenters. The molecule has 0 amide bonds. The van der Waals surface area contributed by atoms with Gasteiger partial charge in [-0.1, -0.05) is 0 Å². The summed E-state index contributed by atoms with van der Waals surface area (Å²) in [7, 11) is -4.05. The van der Waals surface area contributed by atoms with Crippen molar-refractivity contribution in [3.63, 3.8) is 0 Å². The van der Waals surface area contributed by atoms with E-state index < -0.39 is 28.2 Å². The molecule has 0 spiro atoms. The fraction of sp³-hybridized carbons (Fsp3) is 0.0909. The third-order valence-corrected chi connectivity index (χ3v) is 6.75. The van der Waals surface area contributed by atoms with E-state index in [4.69, 9.17) is 0 Å². The molecule has 0 aliphatic heterocycles. The number of halogens is 1. The van der Waals surface area contributed by atoms with Crippen molar-refractivity contribution >= 4 is 38.3 Å². The lowest BCUT2D eigenvalue weighted by Gasteiger charge is -2.12. The lowest BCUT2D eigenvalue weighted by Crippen LogP contribution is -2.15. The highest BCUT2D eigenvalue weighted by atomic mass is 32.2. The molecule has 4 aromatic rings. The second-order valence-electron chi connectivity index (χ2n) is 6.95. The fourth-order valence-electron chi connectivity index (χ4n) is 3.53. The van der Waals surface area contributed by atoms with Crippen molar-refractivity contribution in [1.82, 2.24) is 8.96 Å². The van der Waals surface area contributed by atoms with E-state index in [1.54, 1.807) is 36.7 Å². The van der Waals surface area contributed by atoms with Crippen LogP contribution in [0.5, 0.6) is 0 Å². The molecule has 2 aromatic heterocycles. The number of nitrogens with zero attached hydrogens (tertiary/aromatic N) is 2. The minimum absolute atomic E-state index is 0.0268. The molecule has 9 heteroatoms. The number of aromatic nitrogens is 2. The lowest BCUT2D eigenvalue weighted by molar-refractivity contribution is -0.136. The number of hydrogen-bond acceptors (Lipinski definition) is 5. The molecule has 7 nitrogen and oxygen atoms in total. The minimum Gasteiger partial charge on any atom is -0.481 e. The van der Waals surface area contributed by atoms with Gasteiger partial charge in [-0.25, -0.2) is 16.8 Å². The summed E-state index contributed by atoms with van der Waals surface area (Å²) >= 11 is 0. The van der Waals surface area contributed by atoms with Crippen LogP contribution in [0, 0.1) is 12.7 Å². The molecule has 0 aliphatic carbocycles. The van der Waals surface area contributed by atoms with Gasteiger partial charge in [0.05, 0.1) is 16.8 Å². The van der Waals surface area contributed by atoms with Crippen LogP contribution in [0.25, 0.3) is 10.9 Å². The van der Waals surface area contributed by atoms with Crippen LogP contribution in [0.3, 0.4) is 0 Å². The zero-order valence-electron chi connectivity index (χ0n) is 16.4. The Hall–Kier alpha value is -3.72. The van der Waals surface area contributed by atoms with E-state index >= 15 is 0 Å². The third kappa shape index (κ3) is 3.87. The number of pyridine rings is 1. The molecule has 2 aromatic carbocycles. The van der Waals surface area contributed by atoms with Crippen molar-refractivity contribution in [1.29, 1.82) is 0 Å². The third-order valence-electron chi connectivity index (χ3n) is 4.93. The van der Waals surface area contributed by atoms with Gasteiger partial charge >= 0.3 is 5.97 Å². The lowest BCUT2D eigenvalue weighted by atomic mass is 10.1. The summed E-state index contributed by atoms with van der Waals surface area (Å²) < 4.78 is 41.7. The van der Waals surface area contributed by atoms with Gasteiger partial charge in [-0.2, -0.15) is 0 Å². The number of nitrogens with one attached hydrogen (secondary N) is 1. The summed E-state index contributed by atoms with van der Waals surface area (Å²) in [5, 5.41) is 12.6. The Labute approximate surface area is 177 Å². The Morgan fingerprint density at radius 1 is 1.06 bits per heavy atom. The maximum absolute atomic E-state index is 13.8. The highest BCUT2D eigenvalue weighted by Crippen LogP contribution is 2.31. The molecule has 2 heterocycles. The van der Waals surface area contributed by atoms with Crippen molar-refractivity contribution in [2.45, 2.75) is 18.2 Å². The van der Waals surface area contributed by atoms with Gasteiger partial charge in [0.2, 0.25) is 0 Å². The average molecular weight is 439 g/mol. The van der Waals surface area contributed by atoms with Crippen LogP contribution in [0.15, 0.2) is 71.9 Å². The normalized spacial score (nSPS) is 11.5. The molecule has 4 rings (SSSR count). The second kappa shape index (κ2) is 7.84. The summed E-state index contributed by atoms with van der Waals surface area (Å²) in [6, 6.07) is 13.4.